The molecule has 0 radical (unpaired) electrons. The Morgan fingerprint density at radius 1 is 0.581 bits per heavy atom. The van der Waals surface area contributed by atoms with Gasteiger partial charge in [-0.1, -0.05) is 56.1 Å². The summed E-state index contributed by atoms with van der Waals surface area (Å²) in [5, 5.41) is 51.0. The molecule has 164 valence electrons. The van der Waals surface area contributed by atoms with Crippen molar-refractivity contribution >= 4 is 23.2 Å². The highest BCUT2D eigenvalue weighted by Gasteiger charge is 2.21. The van der Waals surface area contributed by atoms with Gasteiger partial charge in [0.25, 0.3) is 0 Å². The first kappa shape index (κ1) is 22.9. The van der Waals surface area contributed by atoms with Crippen LogP contribution in [0.5, 0.6) is 28.7 Å². The molecule has 5 nitrogen and oxygen atoms in total. The van der Waals surface area contributed by atoms with Gasteiger partial charge < -0.3 is 25.5 Å². The first-order valence-electron chi connectivity index (χ1n) is 9.62. The highest BCUT2D eigenvalue weighted by molar-refractivity contribution is 6.32. The smallest absolute Gasteiger partial charge is 0.137 e. The quantitative estimate of drug-likeness (QED) is 0.327. The minimum absolute atomic E-state index is 0.0141. The van der Waals surface area contributed by atoms with Crippen molar-refractivity contribution in [2.75, 3.05) is 0 Å². The van der Waals surface area contributed by atoms with Crippen LogP contribution < -0.4 is 0 Å². The van der Waals surface area contributed by atoms with Crippen LogP contribution in [0.3, 0.4) is 0 Å². The molecule has 0 atom stereocenters. The molecule has 0 saturated carbocycles. The zero-order valence-electron chi connectivity index (χ0n) is 17.4. The summed E-state index contributed by atoms with van der Waals surface area (Å²) in [6.45, 7) is 6.12. The zero-order chi connectivity index (χ0) is 23.1. The highest BCUT2D eigenvalue weighted by atomic mass is 35.5. The van der Waals surface area contributed by atoms with E-state index in [1.165, 1.54) is 24.3 Å². The van der Waals surface area contributed by atoms with E-state index in [4.69, 9.17) is 23.2 Å². The van der Waals surface area contributed by atoms with Gasteiger partial charge in [-0.2, -0.15) is 0 Å². The first-order valence-corrected chi connectivity index (χ1v) is 10.4. The fourth-order valence-corrected chi connectivity index (χ4v) is 3.71. The molecule has 3 aromatic rings. The van der Waals surface area contributed by atoms with Crippen LogP contribution in [-0.4, -0.2) is 25.5 Å². The molecule has 0 fully saturated rings. The number of benzene rings is 3. The van der Waals surface area contributed by atoms with Crippen LogP contribution in [0, 0.1) is 0 Å². The molecule has 31 heavy (non-hydrogen) atoms. The summed E-state index contributed by atoms with van der Waals surface area (Å²) in [6.07, 6.45) is 0.355. The van der Waals surface area contributed by atoms with Gasteiger partial charge in [-0.25, -0.2) is 0 Å². The molecule has 5 N–H and O–H groups in total. The Hall–Kier alpha value is -2.76. The molecule has 0 aliphatic carbocycles. The normalized spacial score (nSPS) is 11.6. The average Bonchev–Trinajstić information content (AvgIpc) is 2.66. The summed E-state index contributed by atoms with van der Waals surface area (Å²) >= 11 is 12.0. The second-order valence-corrected chi connectivity index (χ2v) is 9.43. The molecule has 0 spiro atoms. The molecule has 0 aromatic heterocycles. The molecular formula is C24H24Cl2O5. The maximum absolute atomic E-state index is 11.0. The summed E-state index contributed by atoms with van der Waals surface area (Å²) in [7, 11) is 0. The molecule has 0 aliphatic rings. The van der Waals surface area contributed by atoms with Gasteiger partial charge in [0.15, 0.2) is 0 Å². The lowest BCUT2D eigenvalue weighted by molar-refractivity contribution is 0.444. The summed E-state index contributed by atoms with van der Waals surface area (Å²) in [6, 6.07) is 8.98. The third-order valence-electron chi connectivity index (χ3n) is 5.19. The van der Waals surface area contributed by atoms with Gasteiger partial charge in [-0.3, -0.25) is 0 Å². The molecule has 7 heteroatoms. The lowest BCUT2D eigenvalue weighted by Crippen LogP contribution is -2.13. The van der Waals surface area contributed by atoms with Gasteiger partial charge in [-0.05, 0) is 34.2 Å². The second-order valence-electron chi connectivity index (χ2n) is 8.61. The Morgan fingerprint density at radius 2 is 0.968 bits per heavy atom. The second kappa shape index (κ2) is 8.40. The maximum atomic E-state index is 11.0. The maximum Gasteiger partial charge on any atom is 0.137 e. The lowest BCUT2D eigenvalue weighted by Gasteiger charge is -2.23. The minimum Gasteiger partial charge on any atom is -0.508 e. The van der Waals surface area contributed by atoms with Crippen molar-refractivity contribution < 1.29 is 25.5 Å². The number of phenolic OH excluding ortho intramolecular Hbond substituents is 5. The highest BCUT2D eigenvalue weighted by Crippen LogP contribution is 2.39. The molecule has 0 unspecified atom stereocenters. The van der Waals surface area contributed by atoms with E-state index in [1.807, 2.05) is 32.9 Å². The Kier molecular flexibility index (Phi) is 6.21. The Bertz CT molecular complexity index is 1070. The number of halogens is 2. The zero-order valence-corrected chi connectivity index (χ0v) is 18.9. The van der Waals surface area contributed by atoms with Crippen LogP contribution in [0.25, 0.3) is 0 Å². The number of hydrogen-bond acceptors (Lipinski definition) is 5. The summed E-state index contributed by atoms with van der Waals surface area (Å²) in [5.74, 6) is -0.703. The van der Waals surface area contributed by atoms with Crippen LogP contribution in [0.2, 0.25) is 10.0 Å². The monoisotopic (exact) mass is 462 g/mol. The molecule has 0 aliphatic heterocycles. The molecule has 0 saturated heterocycles. The van der Waals surface area contributed by atoms with Crippen molar-refractivity contribution in [1.29, 1.82) is 0 Å². The first-order chi connectivity index (χ1) is 14.4. The van der Waals surface area contributed by atoms with E-state index in [1.54, 1.807) is 0 Å². The SMILES string of the molecule is CC(C)(C)c1cc(Cc2cc(Cl)c(O)cc2O)c(O)c(Cc2cc(Cl)c(O)cc2O)c1. The topological polar surface area (TPSA) is 101 Å². The fraction of sp³-hybridized carbons (Fsp3) is 0.250. The Balaban J connectivity index is 2.11. The van der Waals surface area contributed by atoms with Crippen molar-refractivity contribution in [2.24, 2.45) is 0 Å². The average molecular weight is 463 g/mol. The van der Waals surface area contributed by atoms with Gasteiger partial charge in [0.2, 0.25) is 0 Å². The largest absolute Gasteiger partial charge is 0.508 e. The van der Waals surface area contributed by atoms with E-state index in [0.717, 1.165) is 5.56 Å². The Labute approximate surface area is 190 Å². The predicted molar refractivity (Wildman–Crippen MR) is 122 cm³/mol. The Morgan fingerprint density at radius 3 is 1.32 bits per heavy atom. The van der Waals surface area contributed by atoms with E-state index in [2.05, 4.69) is 0 Å². The van der Waals surface area contributed by atoms with Crippen LogP contribution in [0.15, 0.2) is 36.4 Å². The van der Waals surface area contributed by atoms with E-state index in [9.17, 15) is 25.5 Å². The molecule has 3 rings (SSSR count). The van der Waals surface area contributed by atoms with Gasteiger partial charge in [0.05, 0.1) is 10.0 Å². The predicted octanol–water partition coefficient (Wildman–Crippen LogP) is 6.00. The number of aromatic hydroxyl groups is 5. The number of hydrogen-bond donors (Lipinski definition) is 5. The van der Waals surface area contributed by atoms with Crippen LogP contribution in [0.4, 0.5) is 0 Å². The molecular weight excluding hydrogens is 439 g/mol. The van der Waals surface area contributed by atoms with Gasteiger partial charge in [0.1, 0.15) is 28.7 Å². The van der Waals surface area contributed by atoms with Gasteiger partial charge >= 0.3 is 0 Å². The van der Waals surface area contributed by atoms with E-state index in [0.29, 0.717) is 22.3 Å². The number of rotatable bonds is 4. The fourth-order valence-electron chi connectivity index (χ4n) is 3.34. The van der Waals surface area contributed by atoms with Crippen molar-refractivity contribution in [1.82, 2.24) is 0 Å². The number of phenols is 5. The molecule has 0 bridgehead atoms. The molecule has 0 heterocycles. The van der Waals surface area contributed by atoms with Crippen LogP contribution >= 0.6 is 23.2 Å². The molecule has 3 aromatic carbocycles. The lowest BCUT2D eigenvalue weighted by atomic mass is 9.83. The van der Waals surface area contributed by atoms with Crippen molar-refractivity contribution in [3.05, 3.63) is 74.3 Å². The standard InChI is InChI=1S/C24H24Cl2O5/c1-24(2,3)16-6-14(4-12-8-17(25)21(29)10-19(12)27)23(31)15(7-16)5-13-9-18(26)22(30)11-20(13)28/h6-11,27-31H,4-5H2,1-3H3. The van der Waals surface area contributed by atoms with Crippen molar-refractivity contribution in [3.63, 3.8) is 0 Å². The minimum atomic E-state index is -0.236. The third-order valence-corrected chi connectivity index (χ3v) is 5.80. The van der Waals surface area contributed by atoms with Crippen molar-refractivity contribution in [3.8, 4) is 28.7 Å². The van der Waals surface area contributed by atoms with E-state index >= 15 is 0 Å². The summed E-state index contributed by atoms with van der Waals surface area (Å²) in [4.78, 5) is 0. The van der Waals surface area contributed by atoms with Gasteiger partial charge in [-0.15, -0.1) is 0 Å². The van der Waals surface area contributed by atoms with Gasteiger partial charge in [0, 0.05) is 36.1 Å². The van der Waals surface area contributed by atoms with Crippen LogP contribution in [-0.2, 0) is 18.3 Å². The van der Waals surface area contributed by atoms with E-state index < -0.39 is 0 Å². The summed E-state index contributed by atoms with van der Waals surface area (Å²) < 4.78 is 0. The van der Waals surface area contributed by atoms with Crippen molar-refractivity contribution in [2.45, 2.75) is 39.0 Å². The van der Waals surface area contributed by atoms with Crippen LogP contribution in [0.1, 0.15) is 48.6 Å². The summed E-state index contributed by atoms with van der Waals surface area (Å²) in [5.41, 5.74) is 2.73. The van der Waals surface area contributed by atoms with E-state index in [-0.39, 0.29) is 57.0 Å². The molecule has 0 amide bonds. The third kappa shape index (κ3) is 4.94.